The Balaban J connectivity index is 2.02. The van der Waals surface area contributed by atoms with Crippen LogP contribution in [-0.4, -0.2) is 32.6 Å². The molecular formula is C18H19ClN2O4. The van der Waals surface area contributed by atoms with Crippen LogP contribution in [0.5, 0.6) is 5.75 Å². The lowest BCUT2D eigenvalue weighted by Gasteiger charge is -2.13. The molecule has 2 aromatic rings. The summed E-state index contributed by atoms with van der Waals surface area (Å²) >= 11 is 6.06. The summed E-state index contributed by atoms with van der Waals surface area (Å²) in [4.78, 5) is 23.7. The summed E-state index contributed by atoms with van der Waals surface area (Å²) in [5.74, 6) is -0.177. The van der Waals surface area contributed by atoms with Gasteiger partial charge in [0, 0.05) is 16.8 Å². The number of carbonyl (C=O) groups excluding carboxylic acids is 2. The Kier molecular flexibility index (Phi) is 6.25. The average Bonchev–Trinajstić information content (AvgIpc) is 2.61. The SMILES string of the molecule is COC(=O)c1cccc(NC(=O)CNc2cc(C)c(Cl)cc2OC)c1. The van der Waals surface area contributed by atoms with Crippen molar-refractivity contribution in [3.63, 3.8) is 0 Å². The third-order valence-electron chi connectivity index (χ3n) is 3.49. The minimum Gasteiger partial charge on any atom is -0.495 e. The Labute approximate surface area is 151 Å². The first kappa shape index (κ1) is 18.6. The fourth-order valence-corrected chi connectivity index (χ4v) is 2.35. The number of hydrogen-bond acceptors (Lipinski definition) is 5. The zero-order chi connectivity index (χ0) is 18.4. The molecule has 0 aromatic heterocycles. The zero-order valence-corrected chi connectivity index (χ0v) is 14.9. The van der Waals surface area contributed by atoms with E-state index in [1.54, 1.807) is 30.3 Å². The number of benzene rings is 2. The summed E-state index contributed by atoms with van der Waals surface area (Å²) < 4.78 is 9.92. The third-order valence-corrected chi connectivity index (χ3v) is 3.89. The van der Waals surface area contributed by atoms with Crippen LogP contribution in [0.2, 0.25) is 5.02 Å². The first-order valence-electron chi connectivity index (χ1n) is 7.51. The molecule has 0 atom stereocenters. The molecule has 2 N–H and O–H groups in total. The van der Waals surface area contributed by atoms with Gasteiger partial charge in [-0.2, -0.15) is 0 Å². The van der Waals surface area contributed by atoms with Crippen molar-refractivity contribution in [2.75, 3.05) is 31.4 Å². The fourth-order valence-electron chi connectivity index (χ4n) is 2.19. The van der Waals surface area contributed by atoms with Gasteiger partial charge in [-0.3, -0.25) is 4.79 Å². The molecule has 0 heterocycles. The number of hydrogen-bond donors (Lipinski definition) is 2. The maximum atomic E-state index is 12.1. The van der Waals surface area contributed by atoms with Gasteiger partial charge in [-0.1, -0.05) is 17.7 Å². The predicted octanol–water partition coefficient (Wildman–Crippen LogP) is 3.49. The molecule has 2 rings (SSSR count). The minimum atomic E-state index is -0.462. The van der Waals surface area contributed by atoms with E-state index in [-0.39, 0.29) is 12.5 Å². The third kappa shape index (κ3) is 4.87. The van der Waals surface area contributed by atoms with Gasteiger partial charge in [0.05, 0.1) is 32.0 Å². The number of methoxy groups -OCH3 is 2. The molecule has 1 amide bonds. The molecule has 0 bridgehead atoms. The van der Waals surface area contributed by atoms with Crippen LogP contribution in [0.25, 0.3) is 0 Å². The Morgan fingerprint density at radius 2 is 1.92 bits per heavy atom. The number of esters is 1. The molecule has 0 saturated heterocycles. The molecule has 0 unspecified atom stereocenters. The summed E-state index contributed by atoms with van der Waals surface area (Å²) in [5, 5.41) is 6.32. The second-order valence-corrected chi connectivity index (χ2v) is 5.68. The van der Waals surface area contributed by atoms with E-state index in [9.17, 15) is 9.59 Å². The lowest BCUT2D eigenvalue weighted by Crippen LogP contribution is -2.22. The minimum absolute atomic E-state index is 0.0277. The Hall–Kier alpha value is -2.73. The van der Waals surface area contributed by atoms with Crippen LogP contribution >= 0.6 is 11.6 Å². The molecule has 25 heavy (non-hydrogen) atoms. The standard InChI is InChI=1S/C18H19ClN2O4/c1-11-7-15(16(24-2)9-14(11)19)20-10-17(22)21-13-6-4-5-12(8-13)18(23)25-3/h4-9,20H,10H2,1-3H3,(H,21,22). The molecule has 0 aliphatic carbocycles. The molecule has 6 nitrogen and oxygen atoms in total. The molecule has 0 spiro atoms. The van der Waals surface area contributed by atoms with Crippen LogP contribution in [0.15, 0.2) is 36.4 Å². The number of aryl methyl sites for hydroxylation is 1. The van der Waals surface area contributed by atoms with E-state index in [0.717, 1.165) is 5.56 Å². The van der Waals surface area contributed by atoms with E-state index in [4.69, 9.17) is 16.3 Å². The molecular weight excluding hydrogens is 344 g/mol. The second-order valence-electron chi connectivity index (χ2n) is 5.28. The van der Waals surface area contributed by atoms with Crippen LogP contribution in [0.4, 0.5) is 11.4 Å². The summed E-state index contributed by atoms with van der Waals surface area (Å²) in [5.41, 5.74) is 2.41. The molecule has 0 saturated carbocycles. The van der Waals surface area contributed by atoms with E-state index in [1.165, 1.54) is 14.2 Å². The first-order chi connectivity index (χ1) is 11.9. The number of anilines is 2. The first-order valence-corrected chi connectivity index (χ1v) is 7.88. The Morgan fingerprint density at radius 3 is 2.60 bits per heavy atom. The topological polar surface area (TPSA) is 76.7 Å². The second kappa shape index (κ2) is 8.39. The highest BCUT2D eigenvalue weighted by Gasteiger charge is 2.10. The van der Waals surface area contributed by atoms with Gasteiger partial charge in [0.1, 0.15) is 5.75 Å². The number of nitrogens with one attached hydrogen (secondary N) is 2. The van der Waals surface area contributed by atoms with Gasteiger partial charge in [0.25, 0.3) is 0 Å². The average molecular weight is 363 g/mol. The smallest absolute Gasteiger partial charge is 0.337 e. The summed E-state index contributed by atoms with van der Waals surface area (Å²) in [6.45, 7) is 1.89. The van der Waals surface area contributed by atoms with E-state index >= 15 is 0 Å². The summed E-state index contributed by atoms with van der Waals surface area (Å²) in [6, 6.07) is 10.0. The van der Waals surface area contributed by atoms with Gasteiger partial charge in [-0.25, -0.2) is 4.79 Å². The van der Waals surface area contributed by atoms with E-state index < -0.39 is 5.97 Å². The van der Waals surface area contributed by atoms with Crippen molar-refractivity contribution in [1.29, 1.82) is 0 Å². The number of ether oxygens (including phenoxy) is 2. The Bertz CT molecular complexity index is 793. The lowest BCUT2D eigenvalue weighted by molar-refractivity contribution is -0.114. The van der Waals surface area contributed by atoms with Crippen molar-refractivity contribution in [3.05, 3.63) is 52.5 Å². The van der Waals surface area contributed by atoms with Crippen molar-refractivity contribution in [1.82, 2.24) is 0 Å². The molecule has 0 radical (unpaired) electrons. The highest BCUT2D eigenvalue weighted by atomic mass is 35.5. The van der Waals surface area contributed by atoms with Gasteiger partial charge in [-0.15, -0.1) is 0 Å². The van der Waals surface area contributed by atoms with E-state index in [0.29, 0.717) is 27.7 Å². The quantitative estimate of drug-likeness (QED) is 0.769. The maximum absolute atomic E-state index is 12.1. The zero-order valence-electron chi connectivity index (χ0n) is 14.2. The van der Waals surface area contributed by atoms with Crippen LogP contribution < -0.4 is 15.4 Å². The van der Waals surface area contributed by atoms with Crippen molar-refractivity contribution >= 4 is 34.9 Å². The normalized spacial score (nSPS) is 10.1. The fraction of sp³-hybridized carbons (Fsp3) is 0.222. The van der Waals surface area contributed by atoms with Gasteiger partial charge in [0.15, 0.2) is 0 Å². The highest BCUT2D eigenvalue weighted by Crippen LogP contribution is 2.30. The molecule has 0 aliphatic heterocycles. The van der Waals surface area contributed by atoms with Crippen molar-refractivity contribution < 1.29 is 19.1 Å². The molecule has 0 fully saturated rings. The number of halogens is 1. The van der Waals surface area contributed by atoms with Gasteiger partial charge < -0.3 is 20.1 Å². The van der Waals surface area contributed by atoms with Crippen molar-refractivity contribution in [2.45, 2.75) is 6.92 Å². The molecule has 132 valence electrons. The maximum Gasteiger partial charge on any atom is 0.337 e. The number of carbonyl (C=O) groups is 2. The van der Waals surface area contributed by atoms with Gasteiger partial charge in [-0.05, 0) is 36.8 Å². The molecule has 0 aliphatic rings. The van der Waals surface area contributed by atoms with E-state index in [1.807, 2.05) is 13.0 Å². The summed E-state index contributed by atoms with van der Waals surface area (Å²) in [6.07, 6.45) is 0. The van der Waals surface area contributed by atoms with Crippen LogP contribution in [0, 0.1) is 6.92 Å². The lowest BCUT2D eigenvalue weighted by atomic mass is 10.2. The van der Waals surface area contributed by atoms with Crippen molar-refractivity contribution in [3.8, 4) is 5.75 Å². The molecule has 2 aromatic carbocycles. The van der Waals surface area contributed by atoms with Crippen LogP contribution in [0.1, 0.15) is 15.9 Å². The number of amides is 1. The molecule has 7 heteroatoms. The number of rotatable bonds is 6. The Morgan fingerprint density at radius 1 is 1.16 bits per heavy atom. The largest absolute Gasteiger partial charge is 0.495 e. The van der Waals surface area contributed by atoms with Gasteiger partial charge >= 0.3 is 5.97 Å². The predicted molar refractivity (Wildman–Crippen MR) is 97.6 cm³/mol. The van der Waals surface area contributed by atoms with Crippen LogP contribution in [0.3, 0.4) is 0 Å². The van der Waals surface area contributed by atoms with Crippen molar-refractivity contribution in [2.24, 2.45) is 0 Å². The monoisotopic (exact) mass is 362 g/mol. The van der Waals surface area contributed by atoms with E-state index in [2.05, 4.69) is 15.4 Å². The van der Waals surface area contributed by atoms with Crippen LogP contribution in [-0.2, 0) is 9.53 Å². The summed E-state index contributed by atoms with van der Waals surface area (Å²) in [7, 11) is 2.84. The highest BCUT2D eigenvalue weighted by molar-refractivity contribution is 6.31. The van der Waals surface area contributed by atoms with Gasteiger partial charge in [0.2, 0.25) is 5.91 Å².